The van der Waals surface area contributed by atoms with E-state index in [-0.39, 0.29) is 0 Å². The maximum atomic E-state index is 13.6. The number of rotatable bonds is 2. The average Bonchev–Trinajstić information content (AvgIpc) is 2.57. The molecule has 1 aromatic rings. The molecule has 94 valence electrons. The van der Waals surface area contributed by atoms with Gasteiger partial charge in [0.15, 0.2) is 12.4 Å². The molecule has 0 aromatic carbocycles. The number of halogens is 1. The minimum absolute atomic E-state index is 0.559. The summed E-state index contributed by atoms with van der Waals surface area (Å²) in [5.41, 5.74) is -1.45. The van der Waals surface area contributed by atoms with E-state index in [0.717, 1.165) is 16.8 Å². The molecular formula is C9H11FN2O5. The summed E-state index contributed by atoms with van der Waals surface area (Å²) in [7, 11) is 0. The fraction of sp³-hybridized carbons (Fsp3) is 0.556. The van der Waals surface area contributed by atoms with Crippen molar-refractivity contribution in [3.8, 4) is 0 Å². The van der Waals surface area contributed by atoms with Crippen LogP contribution in [0.2, 0.25) is 0 Å². The van der Waals surface area contributed by atoms with Crippen molar-refractivity contribution < 1.29 is 19.3 Å². The maximum Gasteiger partial charge on any atom is 0.330 e. The third-order valence-electron chi connectivity index (χ3n) is 2.60. The average molecular weight is 246 g/mol. The van der Waals surface area contributed by atoms with Gasteiger partial charge in [-0.2, -0.15) is 0 Å². The number of ether oxygens (including phenoxy) is 1. The highest BCUT2D eigenvalue weighted by molar-refractivity contribution is 4.93. The Bertz CT molecular complexity index is 513. The predicted molar refractivity (Wildman–Crippen MR) is 53.2 cm³/mol. The molecular weight excluding hydrogens is 235 g/mol. The van der Waals surface area contributed by atoms with Crippen molar-refractivity contribution >= 4 is 0 Å². The minimum Gasteiger partial charge on any atom is -0.394 e. The van der Waals surface area contributed by atoms with Crippen molar-refractivity contribution in [2.75, 3.05) is 6.61 Å². The molecule has 0 amide bonds. The van der Waals surface area contributed by atoms with Crippen LogP contribution in [-0.2, 0) is 4.74 Å². The Morgan fingerprint density at radius 1 is 1.53 bits per heavy atom. The molecule has 0 bridgehead atoms. The van der Waals surface area contributed by atoms with Gasteiger partial charge >= 0.3 is 5.69 Å². The summed E-state index contributed by atoms with van der Waals surface area (Å²) in [5, 5.41) is 18.2. The van der Waals surface area contributed by atoms with Gasteiger partial charge in [0.1, 0.15) is 12.2 Å². The smallest absolute Gasteiger partial charge is 0.330 e. The summed E-state index contributed by atoms with van der Waals surface area (Å²) < 4.78 is 19.5. The van der Waals surface area contributed by atoms with Crippen LogP contribution in [0.25, 0.3) is 0 Å². The van der Waals surface area contributed by atoms with Gasteiger partial charge in [-0.15, -0.1) is 0 Å². The van der Waals surface area contributed by atoms with E-state index >= 15 is 0 Å². The highest BCUT2D eigenvalue weighted by atomic mass is 19.1. The molecule has 1 fully saturated rings. The van der Waals surface area contributed by atoms with Gasteiger partial charge in [-0.05, 0) is 0 Å². The Morgan fingerprint density at radius 2 is 2.24 bits per heavy atom. The lowest BCUT2D eigenvalue weighted by atomic mass is 10.1. The molecule has 7 nitrogen and oxygen atoms in total. The zero-order valence-corrected chi connectivity index (χ0v) is 8.62. The largest absolute Gasteiger partial charge is 0.394 e. The number of aromatic amines is 1. The first-order valence-electron chi connectivity index (χ1n) is 4.94. The number of aliphatic hydroxyl groups is 2. The fourth-order valence-corrected chi connectivity index (χ4v) is 1.71. The molecule has 1 aliphatic heterocycles. The molecule has 0 saturated carbocycles. The van der Waals surface area contributed by atoms with Gasteiger partial charge in [0.05, 0.1) is 6.61 Å². The lowest BCUT2D eigenvalue weighted by molar-refractivity contribution is -0.0491. The first-order chi connectivity index (χ1) is 8.04. The van der Waals surface area contributed by atoms with Gasteiger partial charge in [0.2, 0.25) is 0 Å². The zero-order valence-electron chi connectivity index (χ0n) is 8.62. The molecule has 1 saturated heterocycles. The molecule has 1 aromatic heterocycles. The second kappa shape index (κ2) is 4.40. The number of nitrogens with one attached hydrogen (secondary N) is 1. The van der Waals surface area contributed by atoms with Crippen molar-refractivity contribution in [1.82, 2.24) is 9.55 Å². The van der Waals surface area contributed by atoms with Crippen molar-refractivity contribution in [3.63, 3.8) is 0 Å². The van der Waals surface area contributed by atoms with Gasteiger partial charge in [-0.25, -0.2) is 9.18 Å². The number of aliphatic hydroxyl groups excluding tert-OH is 2. The molecule has 8 heteroatoms. The SMILES string of the molecule is O=c1ccn([C@@H]2OC(CO)C(O)C2F)c(=O)[nH]1. The van der Waals surface area contributed by atoms with E-state index in [2.05, 4.69) is 0 Å². The van der Waals surface area contributed by atoms with E-state index in [1.54, 1.807) is 0 Å². The Labute approximate surface area is 94.1 Å². The monoisotopic (exact) mass is 246 g/mol. The van der Waals surface area contributed by atoms with Gasteiger partial charge in [0, 0.05) is 12.3 Å². The van der Waals surface area contributed by atoms with E-state index in [4.69, 9.17) is 9.84 Å². The van der Waals surface area contributed by atoms with Crippen molar-refractivity contribution in [3.05, 3.63) is 33.1 Å². The molecule has 2 heterocycles. The third-order valence-corrected chi connectivity index (χ3v) is 2.60. The number of nitrogens with zero attached hydrogens (tertiary/aromatic N) is 1. The Hall–Kier alpha value is -1.51. The molecule has 3 N–H and O–H groups in total. The van der Waals surface area contributed by atoms with Crippen LogP contribution >= 0.6 is 0 Å². The van der Waals surface area contributed by atoms with Gasteiger partial charge in [-0.1, -0.05) is 0 Å². The van der Waals surface area contributed by atoms with Crippen LogP contribution in [0.15, 0.2) is 21.9 Å². The molecule has 0 spiro atoms. The van der Waals surface area contributed by atoms with Crippen LogP contribution in [0.4, 0.5) is 4.39 Å². The number of hydrogen-bond donors (Lipinski definition) is 3. The summed E-state index contributed by atoms with van der Waals surface area (Å²) >= 11 is 0. The summed E-state index contributed by atoms with van der Waals surface area (Å²) in [6.45, 7) is -0.559. The lowest BCUT2D eigenvalue weighted by Crippen LogP contribution is -2.35. The van der Waals surface area contributed by atoms with Crippen LogP contribution in [0.3, 0.4) is 0 Å². The van der Waals surface area contributed by atoms with Crippen LogP contribution in [0.1, 0.15) is 6.23 Å². The Balaban J connectivity index is 2.35. The third kappa shape index (κ3) is 2.02. The summed E-state index contributed by atoms with van der Waals surface area (Å²) in [6.07, 6.45) is -4.73. The number of H-pyrrole nitrogens is 1. The standard InChI is InChI=1S/C9H11FN2O5/c10-6-7(15)4(3-13)17-8(6)12-2-1-5(14)11-9(12)16/h1-2,4,6-8,13,15H,3H2,(H,11,14,16)/t4?,6?,7?,8-/m1/s1. The highest BCUT2D eigenvalue weighted by Crippen LogP contribution is 2.30. The normalized spacial score (nSPS) is 32.9. The first kappa shape index (κ1) is 12.0. The van der Waals surface area contributed by atoms with E-state index in [0.29, 0.717) is 0 Å². The summed E-state index contributed by atoms with van der Waals surface area (Å²) in [4.78, 5) is 24.2. The zero-order chi connectivity index (χ0) is 12.6. The summed E-state index contributed by atoms with van der Waals surface area (Å²) in [5.74, 6) is 0. The summed E-state index contributed by atoms with van der Waals surface area (Å²) in [6, 6.07) is 1.04. The van der Waals surface area contributed by atoms with Gasteiger partial charge < -0.3 is 14.9 Å². The quantitative estimate of drug-likeness (QED) is 0.567. The van der Waals surface area contributed by atoms with Crippen LogP contribution in [0.5, 0.6) is 0 Å². The molecule has 4 atom stereocenters. The van der Waals surface area contributed by atoms with Crippen molar-refractivity contribution in [2.45, 2.75) is 24.6 Å². The van der Waals surface area contributed by atoms with Gasteiger partial charge in [0.25, 0.3) is 5.56 Å². The maximum absolute atomic E-state index is 13.6. The first-order valence-corrected chi connectivity index (χ1v) is 4.94. The van der Waals surface area contributed by atoms with Gasteiger partial charge in [-0.3, -0.25) is 14.3 Å². The number of hydrogen-bond acceptors (Lipinski definition) is 5. The fourth-order valence-electron chi connectivity index (χ4n) is 1.71. The van der Waals surface area contributed by atoms with E-state index in [1.807, 2.05) is 4.98 Å². The Morgan fingerprint density at radius 3 is 2.76 bits per heavy atom. The van der Waals surface area contributed by atoms with Crippen molar-refractivity contribution in [1.29, 1.82) is 0 Å². The van der Waals surface area contributed by atoms with Crippen LogP contribution < -0.4 is 11.2 Å². The number of alkyl halides is 1. The molecule has 0 aliphatic carbocycles. The number of aromatic nitrogens is 2. The second-order valence-electron chi connectivity index (χ2n) is 3.70. The highest BCUT2D eigenvalue weighted by Gasteiger charge is 2.45. The van der Waals surface area contributed by atoms with Crippen molar-refractivity contribution in [2.24, 2.45) is 0 Å². The second-order valence-corrected chi connectivity index (χ2v) is 3.70. The predicted octanol–water partition coefficient (Wildman–Crippen LogP) is -1.87. The molecule has 0 radical (unpaired) electrons. The molecule has 2 rings (SSSR count). The van der Waals surface area contributed by atoms with E-state index in [1.165, 1.54) is 0 Å². The van der Waals surface area contributed by atoms with E-state index in [9.17, 15) is 19.1 Å². The van der Waals surface area contributed by atoms with E-state index < -0.39 is 42.5 Å². The van der Waals surface area contributed by atoms with Crippen LogP contribution in [0, 0.1) is 0 Å². The minimum atomic E-state index is -1.85. The Kier molecular flexibility index (Phi) is 3.09. The topological polar surface area (TPSA) is 105 Å². The molecule has 17 heavy (non-hydrogen) atoms. The molecule has 3 unspecified atom stereocenters. The molecule has 1 aliphatic rings. The van der Waals surface area contributed by atoms with Crippen LogP contribution in [-0.4, -0.2) is 44.8 Å². The lowest BCUT2D eigenvalue weighted by Gasteiger charge is -2.15.